The number of carbonyl (C=O) groups is 1. The van der Waals surface area contributed by atoms with Gasteiger partial charge in [0.25, 0.3) is 0 Å². The highest BCUT2D eigenvalue weighted by Gasteiger charge is 2.21. The molecule has 0 aliphatic carbocycles. The zero-order valence-corrected chi connectivity index (χ0v) is 18.3. The van der Waals surface area contributed by atoms with Crippen LogP contribution in [0.4, 0.5) is 0 Å². The van der Waals surface area contributed by atoms with Gasteiger partial charge >= 0.3 is 5.97 Å². The van der Waals surface area contributed by atoms with Crippen LogP contribution in [0.1, 0.15) is 42.3 Å². The van der Waals surface area contributed by atoms with Crippen LogP contribution in [0.2, 0.25) is 0 Å². The van der Waals surface area contributed by atoms with E-state index >= 15 is 0 Å². The molecular weight excluding hydrogens is 398 g/mol. The molecule has 0 saturated heterocycles. The van der Waals surface area contributed by atoms with Crippen LogP contribution in [0.5, 0.6) is 0 Å². The van der Waals surface area contributed by atoms with Crippen molar-refractivity contribution < 1.29 is 9.53 Å². The van der Waals surface area contributed by atoms with Gasteiger partial charge < -0.3 is 9.30 Å². The molecule has 0 aliphatic heterocycles. The van der Waals surface area contributed by atoms with Crippen LogP contribution in [0.15, 0.2) is 41.8 Å². The number of ether oxygens (including phenoxy) is 1. The normalized spacial score (nSPS) is 11.9. The third-order valence-electron chi connectivity index (χ3n) is 5.72. The Morgan fingerprint density at radius 2 is 1.90 bits per heavy atom. The summed E-state index contributed by atoms with van der Waals surface area (Å²) in [6.07, 6.45) is 4.96. The number of hydrogen-bond donors (Lipinski definition) is 0. The predicted octanol–water partition coefficient (Wildman–Crippen LogP) is 7.59. The van der Waals surface area contributed by atoms with E-state index in [9.17, 15) is 4.79 Å². The molecule has 0 aliphatic rings. The van der Waals surface area contributed by atoms with Crippen LogP contribution < -0.4 is 0 Å². The number of esters is 1. The van der Waals surface area contributed by atoms with Crippen LogP contribution >= 0.6 is 22.7 Å². The SMILES string of the molecule is CCCCCCn1c2ccccc2c2c3sc(C(=O)OC)cc3c3sccc3c21. The van der Waals surface area contributed by atoms with Crippen LogP contribution in [-0.4, -0.2) is 17.6 Å². The lowest BCUT2D eigenvalue weighted by Gasteiger charge is -2.08. The average Bonchev–Trinajstić information content (AvgIpc) is 3.45. The van der Waals surface area contributed by atoms with E-state index in [1.807, 2.05) is 6.07 Å². The summed E-state index contributed by atoms with van der Waals surface area (Å²) in [4.78, 5) is 12.9. The van der Waals surface area contributed by atoms with Crippen LogP contribution in [0, 0.1) is 0 Å². The van der Waals surface area contributed by atoms with E-state index in [0.717, 1.165) is 6.54 Å². The Kier molecular flexibility index (Phi) is 4.80. The van der Waals surface area contributed by atoms with Crippen molar-refractivity contribution in [1.82, 2.24) is 4.57 Å². The largest absolute Gasteiger partial charge is 0.465 e. The van der Waals surface area contributed by atoms with Crippen LogP contribution in [-0.2, 0) is 11.3 Å². The molecule has 5 heteroatoms. The van der Waals surface area contributed by atoms with Crippen LogP contribution in [0.25, 0.3) is 42.0 Å². The number of benzene rings is 2. The molecule has 0 bridgehead atoms. The molecule has 5 rings (SSSR count). The molecule has 0 fully saturated rings. The number of thiophene rings is 2. The molecular formula is C24H23NO2S2. The summed E-state index contributed by atoms with van der Waals surface area (Å²) in [7, 11) is 1.45. The first-order valence-corrected chi connectivity index (χ1v) is 11.9. The van der Waals surface area contributed by atoms with E-state index in [0.29, 0.717) is 4.88 Å². The number of hydrogen-bond acceptors (Lipinski definition) is 4. The van der Waals surface area contributed by atoms with E-state index in [1.54, 1.807) is 22.7 Å². The topological polar surface area (TPSA) is 31.2 Å². The fourth-order valence-corrected chi connectivity index (χ4v) is 6.52. The van der Waals surface area contributed by atoms with Gasteiger partial charge in [-0.25, -0.2) is 4.79 Å². The number of nitrogens with zero attached hydrogens (tertiary/aromatic N) is 1. The number of unbranched alkanes of at least 4 members (excludes halogenated alkanes) is 3. The minimum absolute atomic E-state index is 0.257. The Balaban J connectivity index is 1.87. The number of aromatic nitrogens is 1. The number of fused-ring (bicyclic) bond motifs is 8. The lowest BCUT2D eigenvalue weighted by molar-refractivity contribution is 0.0606. The van der Waals surface area contributed by atoms with Gasteiger partial charge in [0.05, 0.1) is 12.6 Å². The molecule has 0 spiro atoms. The maximum Gasteiger partial charge on any atom is 0.348 e. The summed E-state index contributed by atoms with van der Waals surface area (Å²) in [6, 6.07) is 12.9. The van der Waals surface area contributed by atoms with Crippen molar-refractivity contribution in [1.29, 1.82) is 0 Å². The van der Waals surface area contributed by atoms with Crippen LogP contribution in [0.3, 0.4) is 0 Å². The van der Waals surface area contributed by atoms with Crippen molar-refractivity contribution in [3.05, 3.63) is 46.7 Å². The number of aryl methyl sites for hydroxylation is 1. The van der Waals surface area contributed by atoms with Crippen molar-refractivity contribution in [3.63, 3.8) is 0 Å². The van der Waals surface area contributed by atoms with E-state index < -0.39 is 0 Å². The second-order valence-corrected chi connectivity index (χ2v) is 9.43. The van der Waals surface area contributed by atoms with Gasteiger partial charge in [-0.1, -0.05) is 44.4 Å². The van der Waals surface area contributed by atoms with Crippen molar-refractivity contribution in [3.8, 4) is 0 Å². The first kappa shape index (κ1) is 18.6. The minimum atomic E-state index is -0.257. The van der Waals surface area contributed by atoms with E-state index in [1.165, 1.54) is 74.8 Å². The Labute approximate surface area is 177 Å². The molecule has 0 atom stereocenters. The molecule has 0 unspecified atom stereocenters. The summed E-state index contributed by atoms with van der Waals surface area (Å²) in [5.41, 5.74) is 2.59. The third-order valence-corrected chi connectivity index (χ3v) is 7.80. The molecule has 0 N–H and O–H groups in total. The Morgan fingerprint density at radius 1 is 1.03 bits per heavy atom. The van der Waals surface area contributed by atoms with E-state index in [-0.39, 0.29) is 5.97 Å². The van der Waals surface area contributed by atoms with Gasteiger partial charge in [0.1, 0.15) is 4.88 Å². The van der Waals surface area contributed by atoms with Gasteiger partial charge in [0.2, 0.25) is 0 Å². The maximum atomic E-state index is 12.3. The van der Waals surface area contributed by atoms with E-state index in [2.05, 4.69) is 47.2 Å². The summed E-state index contributed by atoms with van der Waals surface area (Å²) in [6.45, 7) is 3.28. The summed E-state index contributed by atoms with van der Waals surface area (Å²) >= 11 is 3.31. The van der Waals surface area contributed by atoms with Crippen molar-refractivity contribution in [2.45, 2.75) is 39.2 Å². The summed E-state index contributed by atoms with van der Waals surface area (Å²) in [5, 5.41) is 7.17. The minimum Gasteiger partial charge on any atom is -0.465 e. The fraction of sp³-hybridized carbons (Fsp3) is 0.292. The monoisotopic (exact) mass is 421 g/mol. The Bertz CT molecular complexity index is 1360. The zero-order chi connectivity index (χ0) is 20.0. The molecule has 0 amide bonds. The lowest BCUT2D eigenvalue weighted by Crippen LogP contribution is -1.98. The van der Waals surface area contributed by atoms with Crippen molar-refractivity contribution >= 4 is 70.6 Å². The summed E-state index contributed by atoms with van der Waals surface area (Å²) in [5.74, 6) is -0.257. The lowest BCUT2D eigenvalue weighted by atomic mass is 10.1. The standard InChI is InChI=1S/C24H23NO2S2/c1-3-4-5-8-12-25-18-10-7-6-9-15(18)20-21(25)16-11-13-28-22(16)17-14-19(24(26)27-2)29-23(17)20/h6-7,9-11,13-14H,3-5,8,12H2,1-2H3. The Hall–Kier alpha value is -2.37. The highest BCUT2D eigenvalue weighted by molar-refractivity contribution is 7.24. The van der Waals surface area contributed by atoms with Gasteiger partial charge in [0, 0.05) is 43.0 Å². The third kappa shape index (κ3) is 2.87. The zero-order valence-electron chi connectivity index (χ0n) is 16.7. The number of carbonyl (C=O) groups excluding carboxylic acids is 1. The van der Waals surface area contributed by atoms with Gasteiger partial charge in [0.15, 0.2) is 0 Å². The number of methoxy groups -OCH3 is 1. The molecule has 29 heavy (non-hydrogen) atoms. The van der Waals surface area contributed by atoms with E-state index in [4.69, 9.17) is 4.74 Å². The van der Waals surface area contributed by atoms with Gasteiger partial charge in [-0.2, -0.15) is 0 Å². The van der Waals surface area contributed by atoms with Crippen molar-refractivity contribution in [2.75, 3.05) is 7.11 Å². The second-order valence-electron chi connectivity index (χ2n) is 7.46. The fourth-order valence-electron chi connectivity index (χ4n) is 4.39. The Morgan fingerprint density at radius 3 is 2.72 bits per heavy atom. The number of para-hydroxylation sites is 1. The number of rotatable bonds is 6. The first-order chi connectivity index (χ1) is 14.2. The highest BCUT2D eigenvalue weighted by atomic mass is 32.1. The molecule has 2 aromatic carbocycles. The quantitative estimate of drug-likeness (QED) is 0.209. The van der Waals surface area contributed by atoms with Crippen molar-refractivity contribution in [2.24, 2.45) is 0 Å². The molecule has 5 aromatic rings. The maximum absolute atomic E-state index is 12.3. The first-order valence-electron chi connectivity index (χ1n) is 10.2. The molecule has 0 radical (unpaired) electrons. The predicted molar refractivity (Wildman–Crippen MR) is 126 cm³/mol. The van der Waals surface area contributed by atoms with Gasteiger partial charge in [-0.3, -0.25) is 0 Å². The highest BCUT2D eigenvalue weighted by Crippen LogP contribution is 2.46. The molecule has 0 saturated carbocycles. The molecule has 148 valence electrons. The van der Waals surface area contributed by atoms with Gasteiger partial charge in [-0.05, 0) is 30.0 Å². The van der Waals surface area contributed by atoms with Gasteiger partial charge in [-0.15, -0.1) is 22.7 Å². The molecule has 3 heterocycles. The molecule has 3 aromatic heterocycles. The second kappa shape index (κ2) is 7.47. The molecule has 3 nitrogen and oxygen atoms in total. The summed E-state index contributed by atoms with van der Waals surface area (Å²) < 4.78 is 9.97. The average molecular weight is 422 g/mol. The smallest absolute Gasteiger partial charge is 0.348 e.